The Kier molecular flexibility index (Phi) is 4.06. The second kappa shape index (κ2) is 6.32. The fraction of sp³-hybridized carbons (Fsp3) is 0. The van der Waals surface area contributed by atoms with E-state index in [4.69, 9.17) is 0 Å². The van der Waals surface area contributed by atoms with E-state index in [0.717, 1.165) is 5.56 Å². The van der Waals surface area contributed by atoms with E-state index in [9.17, 15) is 14.3 Å². The predicted molar refractivity (Wildman–Crippen MR) is 88.5 cm³/mol. The van der Waals surface area contributed by atoms with Crippen LogP contribution < -0.4 is 5.32 Å². The van der Waals surface area contributed by atoms with Crippen LogP contribution in [0.1, 0.15) is 10.4 Å². The molecule has 3 rings (SSSR count). The molecule has 0 unspecified atom stereocenters. The molecule has 0 aliphatic rings. The summed E-state index contributed by atoms with van der Waals surface area (Å²) in [4.78, 5) is 11.3. The second-order valence-corrected chi connectivity index (χ2v) is 5.00. The zero-order valence-corrected chi connectivity index (χ0v) is 12.2. The van der Waals surface area contributed by atoms with Gasteiger partial charge in [0, 0.05) is 11.3 Å². The van der Waals surface area contributed by atoms with Gasteiger partial charge in [-0.15, -0.1) is 0 Å². The van der Waals surface area contributed by atoms with Gasteiger partial charge >= 0.3 is 5.97 Å². The molecule has 0 saturated carbocycles. The molecule has 0 atom stereocenters. The molecule has 0 spiro atoms. The number of nitrogens with one attached hydrogen (secondary N) is 1. The van der Waals surface area contributed by atoms with E-state index in [2.05, 4.69) is 5.32 Å². The van der Waals surface area contributed by atoms with Crippen molar-refractivity contribution >= 4 is 17.3 Å². The van der Waals surface area contributed by atoms with Crippen molar-refractivity contribution < 1.29 is 14.3 Å². The molecule has 2 N–H and O–H groups in total. The van der Waals surface area contributed by atoms with Crippen molar-refractivity contribution in [2.24, 2.45) is 0 Å². The smallest absolute Gasteiger partial charge is 0.337 e. The number of para-hydroxylation sites is 1. The van der Waals surface area contributed by atoms with Crippen molar-refractivity contribution in [3.05, 3.63) is 84.2 Å². The maximum Gasteiger partial charge on any atom is 0.337 e. The second-order valence-electron chi connectivity index (χ2n) is 5.00. The minimum Gasteiger partial charge on any atom is -0.478 e. The monoisotopic (exact) mass is 307 g/mol. The molecular weight excluding hydrogens is 293 g/mol. The summed E-state index contributed by atoms with van der Waals surface area (Å²) in [6.45, 7) is 0. The van der Waals surface area contributed by atoms with Crippen LogP contribution in [0.5, 0.6) is 0 Å². The topological polar surface area (TPSA) is 49.3 Å². The van der Waals surface area contributed by atoms with Crippen molar-refractivity contribution in [1.29, 1.82) is 0 Å². The molecule has 3 nitrogen and oxygen atoms in total. The molecule has 3 aromatic rings. The number of hydrogen-bond donors (Lipinski definition) is 2. The normalized spacial score (nSPS) is 10.3. The lowest BCUT2D eigenvalue weighted by Gasteiger charge is -2.14. The molecule has 0 aliphatic heterocycles. The molecular formula is C19H14FNO2. The van der Waals surface area contributed by atoms with Gasteiger partial charge in [0.15, 0.2) is 0 Å². The summed E-state index contributed by atoms with van der Waals surface area (Å²) in [5.74, 6) is -1.40. The van der Waals surface area contributed by atoms with Crippen molar-refractivity contribution in [3.63, 3.8) is 0 Å². The maximum absolute atomic E-state index is 14.3. The van der Waals surface area contributed by atoms with Crippen LogP contribution >= 0.6 is 0 Å². The third-order valence-corrected chi connectivity index (χ3v) is 3.50. The number of halogens is 1. The fourth-order valence-corrected chi connectivity index (χ4v) is 2.45. The van der Waals surface area contributed by atoms with Gasteiger partial charge < -0.3 is 10.4 Å². The average Bonchev–Trinajstić information content (AvgIpc) is 2.56. The molecule has 0 aliphatic carbocycles. The van der Waals surface area contributed by atoms with Gasteiger partial charge in [-0.25, -0.2) is 9.18 Å². The van der Waals surface area contributed by atoms with E-state index in [0.29, 0.717) is 16.9 Å². The van der Waals surface area contributed by atoms with Crippen molar-refractivity contribution in [2.75, 3.05) is 5.32 Å². The molecule has 114 valence electrons. The van der Waals surface area contributed by atoms with Gasteiger partial charge in [-0.3, -0.25) is 0 Å². The predicted octanol–water partition coefficient (Wildman–Crippen LogP) is 4.93. The molecule has 0 fully saturated rings. The van der Waals surface area contributed by atoms with Crippen LogP contribution in [-0.2, 0) is 0 Å². The van der Waals surface area contributed by atoms with Crippen LogP contribution in [-0.4, -0.2) is 11.1 Å². The number of carbonyl (C=O) groups is 1. The van der Waals surface area contributed by atoms with Gasteiger partial charge in [-0.05, 0) is 29.8 Å². The zero-order chi connectivity index (χ0) is 16.2. The Morgan fingerprint density at radius 1 is 0.826 bits per heavy atom. The largest absolute Gasteiger partial charge is 0.478 e. The number of rotatable bonds is 4. The summed E-state index contributed by atoms with van der Waals surface area (Å²) in [6.07, 6.45) is 0. The van der Waals surface area contributed by atoms with Crippen LogP contribution in [0.2, 0.25) is 0 Å². The minimum atomic E-state index is -1.04. The van der Waals surface area contributed by atoms with E-state index in [-0.39, 0.29) is 11.4 Å². The van der Waals surface area contributed by atoms with Crippen molar-refractivity contribution in [2.45, 2.75) is 0 Å². The van der Waals surface area contributed by atoms with Gasteiger partial charge in [0.2, 0.25) is 0 Å². The third kappa shape index (κ3) is 3.06. The highest BCUT2D eigenvalue weighted by atomic mass is 19.1. The highest BCUT2D eigenvalue weighted by molar-refractivity contribution is 5.96. The van der Waals surface area contributed by atoms with Gasteiger partial charge in [-0.1, -0.05) is 48.5 Å². The van der Waals surface area contributed by atoms with Crippen LogP contribution in [0, 0.1) is 5.82 Å². The molecule has 0 bridgehead atoms. The van der Waals surface area contributed by atoms with Crippen molar-refractivity contribution in [1.82, 2.24) is 0 Å². The lowest BCUT2D eigenvalue weighted by molar-refractivity contribution is 0.0698. The summed E-state index contributed by atoms with van der Waals surface area (Å²) in [6, 6.07) is 20.4. The van der Waals surface area contributed by atoms with Gasteiger partial charge in [0.05, 0.1) is 11.3 Å². The molecule has 0 aromatic heterocycles. The van der Waals surface area contributed by atoms with Crippen LogP contribution in [0.25, 0.3) is 11.1 Å². The van der Waals surface area contributed by atoms with Crippen LogP contribution in [0.3, 0.4) is 0 Å². The summed E-state index contributed by atoms with van der Waals surface area (Å²) >= 11 is 0. The quantitative estimate of drug-likeness (QED) is 0.718. The molecule has 0 heterocycles. The lowest BCUT2D eigenvalue weighted by atomic mass is 10.0. The Morgan fingerprint density at radius 2 is 1.48 bits per heavy atom. The van der Waals surface area contributed by atoms with Crippen LogP contribution in [0.4, 0.5) is 15.8 Å². The standard InChI is InChI=1S/C19H14FNO2/c20-15-10-6-12-17(18(15)13-7-2-1-3-8-13)21-16-11-5-4-9-14(16)19(22)23/h1-12,21H,(H,22,23). The molecule has 23 heavy (non-hydrogen) atoms. The molecule has 0 amide bonds. The lowest BCUT2D eigenvalue weighted by Crippen LogP contribution is -2.03. The zero-order valence-electron chi connectivity index (χ0n) is 12.2. The maximum atomic E-state index is 14.3. The average molecular weight is 307 g/mol. The van der Waals surface area contributed by atoms with Gasteiger partial charge in [0.25, 0.3) is 0 Å². The highest BCUT2D eigenvalue weighted by Crippen LogP contribution is 2.33. The summed E-state index contributed by atoms with van der Waals surface area (Å²) in [5.41, 5.74) is 2.21. The number of carboxylic acid groups (broad SMARTS) is 1. The number of anilines is 2. The third-order valence-electron chi connectivity index (χ3n) is 3.50. The fourth-order valence-electron chi connectivity index (χ4n) is 2.45. The van der Waals surface area contributed by atoms with E-state index in [1.54, 1.807) is 30.3 Å². The molecule has 0 radical (unpaired) electrons. The molecule has 3 aromatic carbocycles. The summed E-state index contributed by atoms with van der Waals surface area (Å²) in [7, 11) is 0. The Bertz CT molecular complexity index is 847. The Hall–Kier alpha value is -3.14. The Morgan fingerprint density at radius 3 is 2.22 bits per heavy atom. The first kappa shape index (κ1) is 14.8. The number of hydrogen-bond acceptors (Lipinski definition) is 2. The van der Waals surface area contributed by atoms with Gasteiger partial charge in [-0.2, -0.15) is 0 Å². The van der Waals surface area contributed by atoms with Crippen LogP contribution in [0.15, 0.2) is 72.8 Å². The van der Waals surface area contributed by atoms with E-state index >= 15 is 0 Å². The number of carboxylic acids is 1. The number of benzene rings is 3. The molecule has 0 saturated heterocycles. The Balaban J connectivity index is 2.09. The summed E-state index contributed by atoms with van der Waals surface area (Å²) < 4.78 is 14.3. The van der Waals surface area contributed by atoms with E-state index < -0.39 is 5.97 Å². The first-order valence-electron chi connectivity index (χ1n) is 7.10. The van der Waals surface area contributed by atoms with Crippen molar-refractivity contribution in [3.8, 4) is 11.1 Å². The van der Waals surface area contributed by atoms with E-state index in [1.165, 1.54) is 12.1 Å². The summed E-state index contributed by atoms with van der Waals surface area (Å²) in [5, 5.41) is 12.3. The number of aromatic carboxylic acids is 1. The first-order valence-corrected chi connectivity index (χ1v) is 7.10. The van der Waals surface area contributed by atoms with E-state index in [1.807, 2.05) is 30.3 Å². The van der Waals surface area contributed by atoms with Gasteiger partial charge in [0.1, 0.15) is 5.82 Å². The highest BCUT2D eigenvalue weighted by Gasteiger charge is 2.14. The SMILES string of the molecule is O=C(O)c1ccccc1Nc1cccc(F)c1-c1ccccc1. The first-order chi connectivity index (χ1) is 11.2. The molecule has 4 heteroatoms. The minimum absolute atomic E-state index is 0.135. The Labute approximate surface area is 133 Å².